The fraction of sp³-hybridized carbons (Fsp3) is 0.0800. The van der Waals surface area contributed by atoms with Crippen LogP contribution in [0.2, 0.25) is 0 Å². The predicted octanol–water partition coefficient (Wildman–Crippen LogP) is 5.22. The van der Waals surface area contributed by atoms with Crippen molar-refractivity contribution in [2.75, 3.05) is 13.7 Å². The molecule has 0 aliphatic carbocycles. The van der Waals surface area contributed by atoms with Crippen molar-refractivity contribution < 1.29 is 14.3 Å². The minimum absolute atomic E-state index is 0.364. The molecule has 0 amide bonds. The Labute approximate surface area is 164 Å². The number of benzene rings is 3. The van der Waals surface area contributed by atoms with E-state index in [9.17, 15) is 4.79 Å². The summed E-state index contributed by atoms with van der Waals surface area (Å²) >= 11 is 0. The van der Waals surface area contributed by atoms with Crippen LogP contribution in [-0.4, -0.2) is 19.7 Å². The number of para-hydroxylation sites is 1. The highest BCUT2D eigenvalue weighted by atomic mass is 16.5. The number of carbonyl (C=O) groups is 1. The molecule has 0 spiro atoms. The zero-order chi connectivity index (χ0) is 19.3. The maximum absolute atomic E-state index is 11.3. The molecule has 1 aliphatic rings. The summed E-state index contributed by atoms with van der Waals surface area (Å²) in [6.45, 7) is 0.528. The van der Waals surface area contributed by atoms with Gasteiger partial charge in [0.15, 0.2) is 0 Å². The standard InChI is InChI=1S/C25H20O3/c1-27-24(26)16-13-18-11-14-20(15-12-18)25-21-9-5-6-10-23(21)28-17-22(25)19-7-3-2-4-8-19/h2-16H,17H2,1H3. The van der Waals surface area contributed by atoms with Gasteiger partial charge in [-0.15, -0.1) is 0 Å². The van der Waals surface area contributed by atoms with E-state index in [4.69, 9.17) is 4.74 Å². The Morgan fingerprint density at radius 1 is 0.893 bits per heavy atom. The van der Waals surface area contributed by atoms with E-state index in [1.54, 1.807) is 6.08 Å². The smallest absolute Gasteiger partial charge is 0.330 e. The molecule has 0 radical (unpaired) electrons. The van der Waals surface area contributed by atoms with Crippen molar-refractivity contribution >= 4 is 23.2 Å². The molecule has 138 valence electrons. The minimum Gasteiger partial charge on any atom is -0.488 e. The largest absolute Gasteiger partial charge is 0.488 e. The normalized spacial score (nSPS) is 13.2. The van der Waals surface area contributed by atoms with Crippen LogP contribution in [-0.2, 0) is 9.53 Å². The number of ether oxygens (including phenoxy) is 2. The molecule has 0 aromatic heterocycles. The average molecular weight is 368 g/mol. The third-order valence-corrected chi connectivity index (χ3v) is 4.76. The highest BCUT2D eigenvalue weighted by Crippen LogP contribution is 2.40. The number of carbonyl (C=O) groups excluding carboxylic acids is 1. The molecule has 3 aromatic rings. The van der Waals surface area contributed by atoms with E-state index < -0.39 is 0 Å². The number of hydrogen-bond acceptors (Lipinski definition) is 3. The van der Waals surface area contributed by atoms with Crippen LogP contribution in [0.5, 0.6) is 5.75 Å². The fourth-order valence-corrected chi connectivity index (χ4v) is 3.37. The average Bonchev–Trinajstić information content (AvgIpc) is 2.77. The Morgan fingerprint density at radius 2 is 1.61 bits per heavy atom. The molecule has 1 heterocycles. The Balaban J connectivity index is 1.80. The third-order valence-electron chi connectivity index (χ3n) is 4.76. The molecule has 0 bridgehead atoms. The summed E-state index contributed by atoms with van der Waals surface area (Å²) in [7, 11) is 1.37. The summed E-state index contributed by atoms with van der Waals surface area (Å²) < 4.78 is 10.7. The molecule has 1 aliphatic heterocycles. The van der Waals surface area contributed by atoms with Gasteiger partial charge < -0.3 is 9.47 Å². The summed E-state index contributed by atoms with van der Waals surface area (Å²) in [4.78, 5) is 11.3. The molecule has 0 fully saturated rings. The lowest BCUT2D eigenvalue weighted by Gasteiger charge is -2.25. The molecular weight excluding hydrogens is 348 g/mol. The van der Waals surface area contributed by atoms with E-state index in [2.05, 4.69) is 35.1 Å². The molecule has 0 atom stereocenters. The summed E-state index contributed by atoms with van der Waals surface area (Å²) in [6.07, 6.45) is 3.17. The van der Waals surface area contributed by atoms with Gasteiger partial charge in [-0.2, -0.15) is 0 Å². The molecule has 3 heteroatoms. The highest BCUT2D eigenvalue weighted by Gasteiger charge is 2.22. The van der Waals surface area contributed by atoms with E-state index in [1.165, 1.54) is 18.8 Å². The van der Waals surface area contributed by atoms with Crippen LogP contribution in [0.4, 0.5) is 0 Å². The van der Waals surface area contributed by atoms with Crippen LogP contribution >= 0.6 is 0 Å². The van der Waals surface area contributed by atoms with Crippen molar-refractivity contribution in [2.24, 2.45) is 0 Å². The third kappa shape index (κ3) is 3.60. The number of methoxy groups -OCH3 is 1. The van der Waals surface area contributed by atoms with Crippen molar-refractivity contribution in [3.63, 3.8) is 0 Å². The van der Waals surface area contributed by atoms with Gasteiger partial charge in [0.1, 0.15) is 12.4 Å². The topological polar surface area (TPSA) is 35.5 Å². The Hall–Kier alpha value is -3.59. The first kappa shape index (κ1) is 17.8. The van der Waals surface area contributed by atoms with Gasteiger partial charge in [-0.3, -0.25) is 0 Å². The number of rotatable bonds is 4. The summed E-state index contributed by atoms with van der Waals surface area (Å²) in [5.74, 6) is 0.531. The van der Waals surface area contributed by atoms with E-state index in [-0.39, 0.29) is 5.97 Å². The van der Waals surface area contributed by atoms with E-state index in [1.807, 2.05) is 48.5 Å². The lowest BCUT2D eigenvalue weighted by atomic mass is 9.87. The van der Waals surface area contributed by atoms with Gasteiger partial charge >= 0.3 is 5.97 Å². The maximum Gasteiger partial charge on any atom is 0.330 e. The summed E-state index contributed by atoms with van der Waals surface area (Å²) in [5, 5.41) is 0. The van der Waals surface area contributed by atoms with Gasteiger partial charge in [0.25, 0.3) is 0 Å². The lowest BCUT2D eigenvalue weighted by Crippen LogP contribution is -2.11. The van der Waals surface area contributed by atoms with Crippen molar-refractivity contribution in [2.45, 2.75) is 0 Å². The lowest BCUT2D eigenvalue weighted by molar-refractivity contribution is -0.134. The molecule has 28 heavy (non-hydrogen) atoms. The van der Waals surface area contributed by atoms with Crippen molar-refractivity contribution in [1.82, 2.24) is 0 Å². The van der Waals surface area contributed by atoms with Crippen LogP contribution in [0.15, 0.2) is 84.9 Å². The van der Waals surface area contributed by atoms with Gasteiger partial charge in [-0.05, 0) is 34.4 Å². The molecule has 4 rings (SSSR count). The van der Waals surface area contributed by atoms with Crippen LogP contribution in [0.25, 0.3) is 17.2 Å². The van der Waals surface area contributed by atoms with Gasteiger partial charge in [0.05, 0.1) is 7.11 Å². The Kier molecular flexibility index (Phi) is 5.07. The zero-order valence-electron chi connectivity index (χ0n) is 15.6. The molecule has 0 N–H and O–H groups in total. The summed E-state index contributed by atoms with van der Waals surface area (Å²) in [6, 6.07) is 26.6. The fourth-order valence-electron chi connectivity index (χ4n) is 3.37. The second-order valence-electron chi connectivity index (χ2n) is 6.48. The molecule has 3 aromatic carbocycles. The van der Waals surface area contributed by atoms with Gasteiger partial charge in [-0.1, -0.05) is 72.8 Å². The van der Waals surface area contributed by atoms with Crippen molar-refractivity contribution in [3.05, 3.63) is 107 Å². The molecule has 3 nitrogen and oxygen atoms in total. The quantitative estimate of drug-likeness (QED) is 0.468. The minimum atomic E-state index is -0.364. The van der Waals surface area contributed by atoms with Crippen LogP contribution in [0.1, 0.15) is 22.3 Å². The van der Waals surface area contributed by atoms with Gasteiger partial charge in [-0.25, -0.2) is 4.79 Å². The highest BCUT2D eigenvalue weighted by molar-refractivity contribution is 6.01. The molecule has 0 unspecified atom stereocenters. The van der Waals surface area contributed by atoms with E-state index >= 15 is 0 Å². The first-order valence-corrected chi connectivity index (χ1v) is 9.13. The van der Waals surface area contributed by atoms with Crippen molar-refractivity contribution in [1.29, 1.82) is 0 Å². The molecule has 0 saturated carbocycles. The van der Waals surface area contributed by atoms with Gasteiger partial charge in [0.2, 0.25) is 0 Å². The summed E-state index contributed by atoms with van der Waals surface area (Å²) in [5.41, 5.74) is 6.64. The first-order valence-electron chi connectivity index (χ1n) is 9.13. The van der Waals surface area contributed by atoms with Crippen LogP contribution in [0, 0.1) is 0 Å². The second-order valence-corrected chi connectivity index (χ2v) is 6.48. The Bertz CT molecular complexity index is 1040. The monoisotopic (exact) mass is 368 g/mol. The van der Waals surface area contributed by atoms with Crippen molar-refractivity contribution in [3.8, 4) is 5.75 Å². The maximum atomic E-state index is 11.3. The number of fused-ring (bicyclic) bond motifs is 1. The second kappa shape index (κ2) is 7.97. The van der Waals surface area contributed by atoms with E-state index in [0.717, 1.165) is 33.6 Å². The van der Waals surface area contributed by atoms with Crippen LogP contribution in [0.3, 0.4) is 0 Å². The van der Waals surface area contributed by atoms with Crippen LogP contribution < -0.4 is 4.74 Å². The van der Waals surface area contributed by atoms with Gasteiger partial charge in [0, 0.05) is 17.2 Å². The Morgan fingerprint density at radius 3 is 2.36 bits per heavy atom. The molecule has 0 saturated heterocycles. The first-order chi connectivity index (χ1) is 13.8. The molecular formula is C25H20O3. The van der Waals surface area contributed by atoms with E-state index in [0.29, 0.717) is 6.61 Å². The number of esters is 1. The SMILES string of the molecule is COC(=O)C=Cc1ccc(C2=C(c3ccccc3)COc3ccccc32)cc1. The zero-order valence-corrected chi connectivity index (χ0v) is 15.6. The number of hydrogen-bond donors (Lipinski definition) is 0. The predicted molar refractivity (Wildman–Crippen MR) is 112 cm³/mol.